The summed E-state index contributed by atoms with van der Waals surface area (Å²) in [6.07, 6.45) is 0.858. The van der Waals surface area contributed by atoms with Gasteiger partial charge in [-0.15, -0.1) is 0 Å². The Labute approximate surface area is 124 Å². The highest BCUT2D eigenvalue weighted by Crippen LogP contribution is 2.15. The molecule has 1 heterocycles. The number of hydrogen-bond acceptors (Lipinski definition) is 3. The number of aliphatic carboxylic acids is 1. The first-order valence-electron chi connectivity index (χ1n) is 7.21. The van der Waals surface area contributed by atoms with Crippen molar-refractivity contribution in [2.75, 3.05) is 37.6 Å². The summed E-state index contributed by atoms with van der Waals surface area (Å²) in [5.74, 6) is -0.901. The molecule has 0 atom stereocenters. The zero-order chi connectivity index (χ0) is 15.1. The third kappa shape index (κ3) is 4.66. The minimum absolute atomic E-state index is 0.0459. The molecule has 2 amide bonds. The van der Waals surface area contributed by atoms with Crippen LogP contribution in [0.15, 0.2) is 30.3 Å². The van der Waals surface area contributed by atoms with E-state index in [2.05, 4.69) is 22.3 Å². The molecule has 0 aromatic heterocycles. The maximum Gasteiger partial charge on any atom is 0.317 e. The van der Waals surface area contributed by atoms with Gasteiger partial charge in [0.2, 0.25) is 0 Å². The molecule has 1 aliphatic heterocycles. The molecular formula is C15H21N3O3. The van der Waals surface area contributed by atoms with E-state index in [4.69, 9.17) is 5.11 Å². The van der Waals surface area contributed by atoms with Crippen molar-refractivity contribution >= 4 is 17.7 Å². The highest BCUT2D eigenvalue weighted by Gasteiger charge is 2.18. The maximum atomic E-state index is 12.0. The number of carbonyl (C=O) groups is 2. The van der Waals surface area contributed by atoms with Gasteiger partial charge < -0.3 is 20.2 Å². The minimum atomic E-state index is -0.901. The van der Waals surface area contributed by atoms with Gasteiger partial charge in [-0.05, 0) is 18.6 Å². The van der Waals surface area contributed by atoms with Crippen molar-refractivity contribution in [3.05, 3.63) is 30.3 Å². The molecule has 1 saturated heterocycles. The van der Waals surface area contributed by atoms with Gasteiger partial charge in [-0.1, -0.05) is 18.2 Å². The third-order valence-electron chi connectivity index (χ3n) is 3.52. The first-order chi connectivity index (χ1) is 10.2. The van der Waals surface area contributed by atoms with Crippen LogP contribution in [0.4, 0.5) is 10.5 Å². The SMILES string of the molecule is O=C(O)CCNC(=O)N1CCCN(c2ccccc2)CC1. The van der Waals surface area contributed by atoms with Crippen LogP contribution in [-0.2, 0) is 4.79 Å². The van der Waals surface area contributed by atoms with Crippen molar-refractivity contribution in [1.82, 2.24) is 10.2 Å². The molecule has 21 heavy (non-hydrogen) atoms. The Balaban J connectivity index is 1.83. The number of carbonyl (C=O) groups excluding carboxylic acids is 1. The van der Waals surface area contributed by atoms with Crippen LogP contribution in [0.2, 0.25) is 0 Å². The maximum absolute atomic E-state index is 12.0. The van der Waals surface area contributed by atoms with E-state index < -0.39 is 5.97 Å². The third-order valence-corrected chi connectivity index (χ3v) is 3.52. The van der Waals surface area contributed by atoms with Crippen LogP contribution < -0.4 is 10.2 Å². The largest absolute Gasteiger partial charge is 0.481 e. The molecule has 0 aliphatic carbocycles. The smallest absolute Gasteiger partial charge is 0.317 e. The van der Waals surface area contributed by atoms with Crippen LogP contribution in [0.25, 0.3) is 0 Å². The average Bonchev–Trinajstić information content (AvgIpc) is 2.73. The lowest BCUT2D eigenvalue weighted by Crippen LogP contribution is -2.42. The van der Waals surface area contributed by atoms with Gasteiger partial charge in [-0.3, -0.25) is 4.79 Å². The van der Waals surface area contributed by atoms with Crippen LogP contribution >= 0.6 is 0 Å². The molecule has 1 aliphatic rings. The molecule has 1 aromatic rings. The van der Waals surface area contributed by atoms with Crippen LogP contribution in [0.3, 0.4) is 0 Å². The number of amides is 2. The summed E-state index contributed by atoms with van der Waals surface area (Å²) >= 11 is 0. The molecule has 0 saturated carbocycles. The zero-order valence-electron chi connectivity index (χ0n) is 12.0. The van der Waals surface area contributed by atoms with Crippen LogP contribution in [0, 0.1) is 0 Å². The number of rotatable bonds is 4. The van der Waals surface area contributed by atoms with Gasteiger partial charge in [0.05, 0.1) is 6.42 Å². The number of carboxylic acid groups (broad SMARTS) is 1. The lowest BCUT2D eigenvalue weighted by Gasteiger charge is -2.23. The number of nitrogens with one attached hydrogen (secondary N) is 1. The van der Waals surface area contributed by atoms with E-state index in [1.807, 2.05) is 18.2 Å². The molecule has 2 N–H and O–H groups in total. The second-order valence-electron chi connectivity index (χ2n) is 5.04. The Kier molecular flexibility index (Phi) is 5.43. The van der Waals surface area contributed by atoms with Gasteiger partial charge in [0.1, 0.15) is 0 Å². The summed E-state index contributed by atoms with van der Waals surface area (Å²) < 4.78 is 0. The molecule has 0 spiro atoms. The van der Waals surface area contributed by atoms with Gasteiger partial charge in [0.25, 0.3) is 0 Å². The molecule has 1 aromatic carbocycles. The Morgan fingerprint density at radius 2 is 1.86 bits per heavy atom. The van der Waals surface area contributed by atoms with Crippen LogP contribution in [-0.4, -0.2) is 54.7 Å². The van der Waals surface area contributed by atoms with Crippen molar-refractivity contribution in [2.24, 2.45) is 0 Å². The summed E-state index contributed by atoms with van der Waals surface area (Å²) in [4.78, 5) is 26.4. The van der Waals surface area contributed by atoms with Gasteiger partial charge in [-0.25, -0.2) is 4.79 Å². The highest BCUT2D eigenvalue weighted by atomic mass is 16.4. The predicted molar refractivity (Wildman–Crippen MR) is 80.5 cm³/mol. The quantitative estimate of drug-likeness (QED) is 0.879. The van der Waals surface area contributed by atoms with E-state index in [0.717, 1.165) is 19.5 Å². The lowest BCUT2D eigenvalue weighted by molar-refractivity contribution is -0.136. The van der Waals surface area contributed by atoms with E-state index >= 15 is 0 Å². The number of para-hydroxylation sites is 1. The normalized spacial score (nSPS) is 15.4. The zero-order valence-corrected chi connectivity index (χ0v) is 12.0. The minimum Gasteiger partial charge on any atom is -0.481 e. The summed E-state index contributed by atoms with van der Waals surface area (Å²) in [5.41, 5.74) is 1.17. The van der Waals surface area contributed by atoms with E-state index in [1.54, 1.807) is 4.90 Å². The Morgan fingerprint density at radius 1 is 1.10 bits per heavy atom. The molecule has 1 fully saturated rings. The molecule has 0 unspecified atom stereocenters. The van der Waals surface area contributed by atoms with E-state index in [1.165, 1.54) is 5.69 Å². The molecule has 0 radical (unpaired) electrons. The molecule has 2 rings (SSSR count). The number of benzene rings is 1. The van der Waals surface area contributed by atoms with Crippen molar-refractivity contribution in [2.45, 2.75) is 12.8 Å². The topological polar surface area (TPSA) is 72.9 Å². The standard InChI is InChI=1S/C15H21N3O3/c19-14(20)7-8-16-15(21)18-10-4-9-17(11-12-18)13-5-2-1-3-6-13/h1-3,5-6H,4,7-12H2,(H,16,21)(H,19,20). The van der Waals surface area contributed by atoms with E-state index in [-0.39, 0.29) is 19.0 Å². The molecule has 6 heteroatoms. The molecule has 114 valence electrons. The first kappa shape index (κ1) is 15.2. The molecule has 0 bridgehead atoms. The Morgan fingerprint density at radius 3 is 2.57 bits per heavy atom. The molecule has 6 nitrogen and oxygen atoms in total. The van der Waals surface area contributed by atoms with Crippen molar-refractivity contribution in [3.8, 4) is 0 Å². The van der Waals surface area contributed by atoms with Crippen molar-refractivity contribution in [1.29, 1.82) is 0 Å². The number of carboxylic acids is 1. The highest BCUT2D eigenvalue weighted by molar-refractivity contribution is 5.75. The van der Waals surface area contributed by atoms with Crippen molar-refractivity contribution < 1.29 is 14.7 Å². The Hall–Kier alpha value is -2.24. The van der Waals surface area contributed by atoms with E-state index in [0.29, 0.717) is 13.1 Å². The first-order valence-corrected chi connectivity index (χ1v) is 7.21. The van der Waals surface area contributed by atoms with Crippen LogP contribution in [0.1, 0.15) is 12.8 Å². The van der Waals surface area contributed by atoms with Crippen molar-refractivity contribution in [3.63, 3.8) is 0 Å². The molecular weight excluding hydrogens is 270 g/mol. The predicted octanol–water partition coefficient (Wildman–Crippen LogP) is 1.38. The van der Waals surface area contributed by atoms with Gasteiger partial charge in [-0.2, -0.15) is 0 Å². The number of urea groups is 1. The number of nitrogens with zero attached hydrogens (tertiary/aromatic N) is 2. The van der Waals surface area contributed by atoms with Gasteiger partial charge >= 0.3 is 12.0 Å². The summed E-state index contributed by atoms with van der Waals surface area (Å²) in [7, 11) is 0. The summed E-state index contributed by atoms with van der Waals surface area (Å²) in [5, 5.41) is 11.2. The van der Waals surface area contributed by atoms with Crippen LogP contribution in [0.5, 0.6) is 0 Å². The Bertz CT molecular complexity index is 478. The van der Waals surface area contributed by atoms with Gasteiger partial charge in [0, 0.05) is 38.4 Å². The summed E-state index contributed by atoms with van der Waals surface area (Å²) in [6.45, 7) is 3.22. The second kappa shape index (κ2) is 7.52. The summed E-state index contributed by atoms with van der Waals surface area (Å²) in [6, 6.07) is 9.98. The average molecular weight is 291 g/mol. The fraction of sp³-hybridized carbons (Fsp3) is 0.467. The number of anilines is 1. The fourth-order valence-corrected chi connectivity index (χ4v) is 2.41. The number of hydrogen-bond donors (Lipinski definition) is 2. The van der Waals surface area contributed by atoms with Gasteiger partial charge in [0.15, 0.2) is 0 Å². The van der Waals surface area contributed by atoms with E-state index in [9.17, 15) is 9.59 Å². The monoisotopic (exact) mass is 291 g/mol. The lowest BCUT2D eigenvalue weighted by atomic mass is 10.3. The fourth-order valence-electron chi connectivity index (χ4n) is 2.41. The second-order valence-corrected chi connectivity index (χ2v) is 5.04.